The molecule has 24 heavy (non-hydrogen) atoms. The van der Waals surface area contributed by atoms with E-state index in [2.05, 4.69) is 0 Å². The number of Topliss-reactive ketones (excluding diaryl/α,β-unsaturated/α-hetero) is 1. The second-order valence-corrected chi connectivity index (χ2v) is 6.53. The predicted octanol–water partition coefficient (Wildman–Crippen LogP) is 4.01. The molecule has 2 N–H and O–H groups in total. The third-order valence-electron chi connectivity index (χ3n) is 4.03. The molecule has 0 fully saturated rings. The van der Waals surface area contributed by atoms with Gasteiger partial charge in [0.2, 0.25) is 0 Å². The van der Waals surface area contributed by atoms with Gasteiger partial charge < -0.3 is 10.2 Å². The van der Waals surface area contributed by atoms with Crippen molar-refractivity contribution in [3.63, 3.8) is 0 Å². The van der Waals surface area contributed by atoms with Crippen molar-refractivity contribution in [2.45, 2.75) is 12.2 Å². The SMILES string of the molecule is O=C(c1cccs1)C([C@H](O)c1ccccc1)[C@H](O)c1ccccc1. The second-order valence-electron chi connectivity index (χ2n) is 5.58. The summed E-state index contributed by atoms with van der Waals surface area (Å²) in [5.41, 5.74) is 1.23. The van der Waals surface area contributed by atoms with Crippen LogP contribution in [0, 0.1) is 5.92 Å². The molecular formula is C20H18O3S. The number of aliphatic hydroxyl groups excluding tert-OH is 2. The van der Waals surface area contributed by atoms with Gasteiger partial charge >= 0.3 is 0 Å². The van der Waals surface area contributed by atoms with E-state index in [1.807, 2.05) is 17.5 Å². The van der Waals surface area contributed by atoms with Gasteiger partial charge in [-0.3, -0.25) is 4.79 Å². The molecule has 3 nitrogen and oxygen atoms in total. The lowest BCUT2D eigenvalue weighted by atomic mass is 9.83. The van der Waals surface area contributed by atoms with Crippen molar-refractivity contribution in [2.24, 2.45) is 5.92 Å². The minimum atomic E-state index is -1.09. The Morgan fingerprint density at radius 3 is 1.67 bits per heavy atom. The van der Waals surface area contributed by atoms with Crippen LogP contribution in [0.1, 0.15) is 33.0 Å². The molecule has 1 aromatic heterocycles. The maximum Gasteiger partial charge on any atom is 0.181 e. The zero-order chi connectivity index (χ0) is 16.9. The normalized spacial score (nSPS) is 13.6. The van der Waals surface area contributed by atoms with E-state index in [9.17, 15) is 15.0 Å². The van der Waals surface area contributed by atoms with E-state index >= 15 is 0 Å². The predicted molar refractivity (Wildman–Crippen MR) is 94.9 cm³/mol. The van der Waals surface area contributed by atoms with Crippen LogP contribution in [0.25, 0.3) is 0 Å². The fraction of sp³-hybridized carbons (Fsp3) is 0.150. The van der Waals surface area contributed by atoms with Crippen molar-refractivity contribution in [2.75, 3.05) is 0 Å². The summed E-state index contributed by atoms with van der Waals surface area (Å²) >= 11 is 1.31. The Morgan fingerprint density at radius 1 is 0.750 bits per heavy atom. The zero-order valence-electron chi connectivity index (χ0n) is 12.9. The zero-order valence-corrected chi connectivity index (χ0v) is 13.8. The van der Waals surface area contributed by atoms with Crippen molar-refractivity contribution in [1.29, 1.82) is 0 Å². The number of carbonyl (C=O) groups is 1. The molecule has 3 aromatic rings. The van der Waals surface area contributed by atoms with Crippen molar-refractivity contribution in [3.8, 4) is 0 Å². The molecule has 122 valence electrons. The minimum Gasteiger partial charge on any atom is -0.388 e. The molecule has 0 bridgehead atoms. The van der Waals surface area contributed by atoms with Crippen molar-refractivity contribution in [3.05, 3.63) is 94.2 Å². The Bertz CT molecular complexity index is 724. The number of benzene rings is 2. The van der Waals surface area contributed by atoms with Gasteiger partial charge in [0.25, 0.3) is 0 Å². The maximum atomic E-state index is 12.9. The van der Waals surface area contributed by atoms with Gasteiger partial charge in [-0.15, -0.1) is 11.3 Å². The minimum absolute atomic E-state index is 0.252. The fourth-order valence-corrected chi connectivity index (χ4v) is 3.47. The monoisotopic (exact) mass is 338 g/mol. The number of carbonyl (C=O) groups excluding carboxylic acids is 1. The molecule has 0 spiro atoms. The number of ketones is 1. The molecule has 2 atom stereocenters. The molecule has 0 aliphatic heterocycles. The summed E-state index contributed by atoms with van der Waals surface area (Å²) in [5.74, 6) is -1.22. The second kappa shape index (κ2) is 7.53. The Labute approximate surface area is 144 Å². The number of aliphatic hydroxyl groups is 2. The summed E-state index contributed by atoms with van der Waals surface area (Å²) in [7, 11) is 0. The first-order valence-corrected chi connectivity index (χ1v) is 8.60. The molecule has 0 unspecified atom stereocenters. The molecule has 0 aliphatic carbocycles. The molecule has 0 saturated carbocycles. The van der Waals surface area contributed by atoms with Gasteiger partial charge in [0.05, 0.1) is 23.0 Å². The van der Waals surface area contributed by atoms with Gasteiger partial charge in [-0.25, -0.2) is 0 Å². The highest BCUT2D eigenvalue weighted by molar-refractivity contribution is 7.12. The van der Waals surface area contributed by atoms with E-state index in [4.69, 9.17) is 0 Å². The van der Waals surface area contributed by atoms with E-state index in [0.29, 0.717) is 16.0 Å². The summed E-state index contributed by atoms with van der Waals surface area (Å²) < 4.78 is 0. The number of thiophene rings is 1. The van der Waals surface area contributed by atoms with Crippen LogP contribution in [0.5, 0.6) is 0 Å². The molecule has 4 heteroatoms. The number of rotatable bonds is 6. The average molecular weight is 338 g/mol. The van der Waals surface area contributed by atoms with E-state index in [1.54, 1.807) is 60.7 Å². The van der Waals surface area contributed by atoms with Gasteiger partial charge in [0, 0.05) is 0 Å². The van der Waals surface area contributed by atoms with Crippen LogP contribution in [-0.4, -0.2) is 16.0 Å². The van der Waals surface area contributed by atoms with Crippen molar-refractivity contribution >= 4 is 17.1 Å². The summed E-state index contributed by atoms with van der Waals surface area (Å²) in [4.78, 5) is 13.5. The topological polar surface area (TPSA) is 57.5 Å². The van der Waals surface area contributed by atoms with Crippen LogP contribution in [0.3, 0.4) is 0 Å². The van der Waals surface area contributed by atoms with Crippen molar-refractivity contribution < 1.29 is 15.0 Å². The van der Waals surface area contributed by atoms with Gasteiger partial charge in [0.1, 0.15) is 0 Å². The molecule has 0 radical (unpaired) electrons. The molecular weight excluding hydrogens is 320 g/mol. The lowest BCUT2D eigenvalue weighted by Crippen LogP contribution is -2.28. The summed E-state index contributed by atoms with van der Waals surface area (Å²) in [6.07, 6.45) is -2.17. The van der Waals surface area contributed by atoms with Crippen LogP contribution >= 0.6 is 11.3 Å². The third kappa shape index (κ3) is 3.46. The van der Waals surface area contributed by atoms with E-state index in [-0.39, 0.29) is 5.78 Å². The standard InChI is InChI=1S/C20H18O3S/c21-18(14-8-3-1-4-9-14)17(20(23)16-12-7-13-24-16)19(22)15-10-5-2-6-11-15/h1-13,17-19,21-22H/t18-,19-/m1/s1. The van der Waals surface area contributed by atoms with E-state index < -0.39 is 18.1 Å². The molecule has 3 rings (SSSR count). The summed E-state index contributed by atoms with van der Waals surface area (Å²) in [6.45, 7) is 0. The average Bonchev–Trinajstić information content (AvgIpc) is 3.18. The molecule has 1 heterocycles. The van der Waals surface area contributed by atoms with E-state index in [0.717, 1.165) is 0 Å². The Hall–Kier alpha value is -2.27. The fourth-order valence-electron chi connectivity index (χ4n) is 2.76. The first-order valence-electron chi connectivity index (χ1n) is 7.72. The van der Waals surface area contributed by atoms with Gasteiger partial charge in [0.15, 0.2) is 5.78 Å². The van der Waals surface area contributed by atoms with Gasteiger partial charge in [-0.05, 0) is 22.6 Å². The van der Waals surface area contributed by atoms with Gasteiger partial charge in [-0.2, -0.15) is 0 Å². The summed E-state index contributed by atoms with van der Waals surface area (Å²) in [5, 5.41) is 23.4. The number of hydrogen-bond donors (Lipinski definition) is 2. The van der Waals surface area contributed by atoms with Crippen LogP contribution < -0.4 is 0 Å². The largest absolute Gasteiger partial charge is 0.388 e. The number of hydrogen-bond acceptors (Lipinski definition) is 4. The Morgan fingerprint density at radius 2 is 1.25 bits per heavy atom. The lowest BCUT2D eigenvalue weighted by molar-refractivity contribution is 0.0146. The van der Waals surface area contributed by atoms with Crippen LogP contribution in [0.2, 0.25) is 0 Å². The molecule has 0 amide bonds. The summed E-state index contributed by atoms with van der Waals surface area (Å²) in [6, 6.07) is 21.5. The van der Waals surface area contributed by atoms with Crippen LogP contribution in [0.15, 0.2) is 78.2 Å². The molecule has 2 aromatic carbocycles. The third-order valence-corrected chi connectivity index (χ3v) is 4.91. The molecule has 0 aliphatic rings. The quantitative estimate of drug-likeness (QED) is 0.668. The van der Waals surface area contributed by atoms with E-state index in [1.165, 1.54) is 11.3 Å². The van der Waals surface area contributed by atoms with Crippen LogP contribution in [0.4, 0.5) is 0 Å². The Kier molecular flexibility index (Phi) is 5.20. The van der Waals surface area contributed by atoms with Gasteiger partial charge in [-0.1, -0.05) is 66.7 Å². The smallest absolute Gasteiger partial charge is 0.181 e. The molecule has 0 saturated heterocycles. The first kappa shape index (κ1) is 16.6. The highest BCUT2D eigenvalue weighted by Gasteiger charge is 2.36. The first-order chi connectivity index (χ1) is 11.7. The highest BCUT2D eigenvalue weighted by atomic mass is 32.1. The van der Waals surface area contributed by atoms with Crippen LogP contribution in [-0.2, 0) is 0 Å². The maximum absolute atomic E-state index is 12.9. The van der Waals surface area contributed by atoms with Crippen molar-refractivity contribution in [1.82, 2.24) is 0 Å². The lowest BCUT2D eigenvalue weighted by Gasteiger charge is -2.27. The Balaban J connectivity index is 1.99. The highest BCUT2D eigenvalue weighted by Crippen LogP contribution is 2.36.